The number of carboxylic acids is 1. The highest BCUT2D eigenvalue weighted by molar-refractivity contribution is 5.93. The topological polar surface area (TPSA) is 113 Å². The number of aliphatic carboxylic acids is 1. The van der Waals surface area contributed by atoms with Gasteiger partial charge >= 0.3 is 12.0 Å². The molecule has 96 valence electrons. The van der Waals surface area contributed by atoms with Crippen LogP contribution in [0.5, 0.6) is 0 Å². The van der Waals surface area contributed by atoms with Crippen LogP contribution in [0.25, 0.3) is 0 Å². The second kappa shape index (κ2) is 4.96. The first-order valence-corrected chi connectivity index (χ1v) is 5.28. The summed E-state index contributed by atoms with van der Waals surface area (Å²) in [6.45, 7) is 0.266. The van der Waals surface area contributed by atoms with Gasteiger partial charge in [0.25, 0.3) is 0 Å². The Morgan fingerprint density at radius 1 is 1.39 bits per heavy atom. The van der Waals surface area contributed by atoms with Crippen molar-refractivity contribution in [1.82, 2.24) is 15.3 Å². The Balaban J connectivity index is 2.00. The second-order valence-electron chi connectivity index (χ2n) is 3.90. The van der Waals surface area contributed by atoms with Gasteiger partial charge < -0.3 is 20.5 Å². The van der Waals surface area contributed by atoms with Gasteiger partial charge in [-0.25, -0.2) is 19.6 Å². The average Bonchev–Trinajstić information content (AvgIpc) is 2.80. The number of nitrogens with one attached hydrogen (secondary N) is 2. The molecular formula is C10H12N4O4. The Labute approximate surface area is 102 Å². The number of carboxylic acid groups (broad SMARTS) is 1. The van der Waals surface area contributed by atoms with Crippen molar-refractivity contribution in [3.05, 3.63) is 18.7 Å². The van der Waals surface area contributed by atoms with E-state index in [0.717, 1.165) is 0 Å². The summed E-state index contributed by atoms with van der Waals surface area (Å²) in [6.07, 6.45) is 4.38. The van der Waals surface area contributed by atoms with Gasteiger partial charge in [-0.1, -0.05) is 0 Å². The molecule has 0 bridgehead atoms. The van der Waals surface area contributed by atoms with Crippen LogP contribution in [0.15, 0.2) is 18.7 Å². The lowest BCUT2D eigenvalue weighted by Gasteiger charge is -2.23. The first-order valence-electron chi connectivity index (χ1n) is 5.28. The van der Waals surface area contributed by atoms with Crippen LogP contribution in [0.4, 0.5) is 10.5 Å². The summed E-state index contributed by atoms with van der Waals surface area (Å²) < 4.78 is 5.02. The number of urea groups is 1. The van der Waals surface area contributed by atoms with Gasteiger partial charge in [-0.05, 0) is 0 Å². The highest BCUT2D eigenvalue weighted by atomic mass is 16.5. The van der Waals surface area contributed by atoms with Crippen LogP contribution >= 0.6 is 0 Å². The fourth-order valence-corrected chi connectivity index (χ4v) is 1.63. The standard InChI is InChI=1S/C10H12N4O4/c15-8(16)10(1-2-18-5-10)14-9(17)13-7-3-11-6-12-4-7/h3-4,6H,1-2,5H2,(H,15,16)(H2,13,14,17). The van der Waals surface area contributed by atoms with Crippen molar-refractivity contribution in [2.75, 3.05) is 18.5 Å². The number of anilines is 1. The summed E-state index contributed by atoms with van der Waals surface area (Å²) in [4.78, 5) is 30.3. The Kier molecular flexibility index (Phi) is 3.38. The molecule has 2 rings (SSSR count). The maximum atomic E-state index is 11.7. The summed E-state index contributed by atoms with van der Waals surface area (Å²) in [5, 5.41) is 14.0. The first-order chi connectivity index (χ1) is 8.62. The minimum atomic E-state index is -1.36. The fourth-order valence-electron chi connectivity index (χ4n) is 1.63. The van der Waals surface area contributed by atoms with Crippen LogP contribution in [0.3, 0.4) is 0 Å². The van der Waals surface area contributed by atoms with Crippen LogP contribution in [-0.4, -0.2) is 45.8 Å². The molecule has 0 saturated carbocycles. The Hall–Kier alpha value is -2.22. The maximum Gasteiger partial charge on any atom is 0.332 e. The molecule has 8 heteroatoms. The van der Waals surface area contributed by atoms with Gasteiger partial charge in [0.15, 0.2) is 5.54 Å². The number of aromatic nitrogens is 2. The molecule has 2 heterocycles. The third-order valence-corrected chi connectivity index (χ3v) is 2.60. The SMILES string of the molecule is O=C(Nc1cncnc1)NC1(C(=O)O)CCOC1. The van der Waals surface area contributed by atoms with E-state index in [2.05, 4.69) is 20.6 Å². The summed E-state index contributed by atoms with van der Waals surface area (Å²) >= 11 is 0. The molecule has 8 nitrogen and oxygen atoms in total. The van der Waals surface area contributed by atoms with E-state index in [0.29, 0.717) is 12.3 Å². The molecule has 18 heavy (non-hydrogen) atoms. The van der Waals surface area contributed by atoms with E-state index in [1.165, 1.54) is 18.7 Å². The second-order valence-corrected chi connectivity index (χ2v) is 3.90. The quantitative estimate of drug-likeness (QED) is 0.689. The van der Waals surface area contributed by atoms with Crippen molar-refractivity contribution in [3.63, 3.8) is 0 Å². The molecule has 3 N–H and O–H groups in total. The molecule has 0 spiro atoms. The molecule has 1 atom stereocenters. The zero-order chi connectivity index (χ0) is 13.0. The van der Waals surface area contributed by atoms with Gasteiger partial charge in [-0.3, -0.25) is 0 Å². The number of ether oxygens (including phenoxy) is 1. The number of hydrogen-bond acceptors (Lipinski definition) is 5. The highest BCUT2D eigenvalue weighted by Gasteiger charge is 2.44. The van der Waals surface area contributed by atoms with E-state index < -0.39 is 17.5 Å². The molecular weight excluding hydrogens is 240 g/mol. The molecule has 1 aliphatic rings. The Morgan fingerprint density at radius 2 is 2.11 bits per heavy atom. The van der Waals surface area contributed by atoms with Crippen molar-refractivity contribution in [1.29, 1.82) is 0 Å². The van der Waals surface area contributed by atoms with E-state index in [9.17, 15) is 9.59 Å². The molecule has 0 aromatic carbocycles. The van der Waals surface area contributed by atoms with Gasteiger partial charge in [-0.2, -0.15) is 0 Å². The molecule has 1 aromatic heterocycles. The molecule has 1 unspecified atom stereocenters. The molecule has 1 aromatic rings. The van der Waals surface area contributed by atoms with Crippen molar-refractivity contribution >= 4 is 17.7 Å². The van der Waals surface area contributed by atoms with Crippen LogP contribution in [0, 0.1) is 0 Å². The minimum Gasteiger partial charge on any atom is -0.479 e. The number of rotatable bonds is 3. The van der Waals surface area contributed by atoms with Crippen molar-refractivity contribution in [2.24, 2.45) is 0 Å². The van der Waals surface area contributed by atoms with Gasteiger partial charge in [0.2, 0.25) is 0 Å². The number of carbonyl (C=O) groups excluding carboxylic acids is 1. The molecule has 0 radical (unpaired) electrons. The highest BCUT2D eigenvalue weighted by Crippen LogP contribution is 2.19. The van der Waals surface area contributed by atoms with Gasteiger partial charge in [0, 0.05) is 13.0 Å². The number of nitrogens with zero attached hydrogens (tertiary/aromatic N) is 2. The lowest BCUT2D eigenvalue weighted by Crippen LogP contribution is -2.56. The van der Waals surface area contributed by atoms with Crippen molar-refractivity contribution in [2.45, 2.75) is 12.0 Å². The molecule has 1 saturated heterocycles. The van der Waals surface area contributed by atoms with Crippen LogP contribution in [-0.2, 0) is 9.53 Å². The van der Waals surface area contributed by atoms with E-state index >= 15 is 0 Å². The summed E-state index contributed by atoms with van der Waals surface area (Å²) in [6, 6.07) is -0.627. The average molecular weight is 252 g/mol. The van der Waals surface area contributed by atoms with Crippen LogP contribution in [0.1, 0.15) is 6.42 Å². The first kappa shape index (κ1) is 12.2. The Morgan fingerprint density at radius 3 is 2.67 bits per heavy atom. The van der Waals surface area contributed by atoms with Gasteiger partial charge in [0.1, 0.15) is 6.33 Å². The fraction of sp³-hybridized carbons (Fsp3) is 0.400. The molecule has 1 fully saturated rings. The lowest BCUT2D eigenvalue weighted by atomic mass is 9.99. The summed E-state index contributed by atoms with van der Waals surface area (Å²) in [5.74, 6) is -1.11. The molecule has 1 aliphatic heterocycles. The number of carbonyl (C=O) groups is 2. The maximum absolute atomic E-state index is 11.7. The van der Waals surface area contributed by atoms with E-state index in [1.807, 2.05) is 0 Å². The molecule has 0 aliphatic carbocycles. The zero-order valence-corrected chi connectivity index (χ0v) is 9.42. The predicted octanol–water partition coefficient (Wildman–Crippen LogP) is -0.158. The smallest absolute Gasteiger partial charge is 0.332 e. The van der Waals surface area contributed by atoms with Crippen LogP contribution < -0.4 is 10.6 Å². The minimum absolute atomic E-state index is 0.0406. The number of hydrogen-bond donors (Lipinski definition) is 3. The third-order valence-electron chi connectivity index (χ3n) is 2.60. The predicted molar refractivity (Wildman–Crippen MR) is 60.0 cm³/mol. The lowest BCUT2D eigenvalue weighted by molar-refractivity contribution is -0.144. The molecule has 2 amide bonds. The van der Waals surface area contributed by atoms with Gasteiger partial charge in [-0.15, -0.1) is 0 Å². The van der Waals surface area contributed by atoms with Crippen molar-refractivity contribution < 1.29 is 19.4 Å². The number of amides is 2. The summed E-state index contributed by atoms with van der Waals surface area (Å²) in [7, 11) is 0. The largest absolute Gasteiger partial charge is 0.479 e. The Bertz CT molecular complexity index is 444. The third kappa shape index (κ3) is 2.54. The van der Waals surface area contributed by atoms with Crippen LogP contribution in [0.2, 0.25) is 0 Å². The normalized spacial score (nSPS) is 22.4. The van der Waals surface area contributed by atoms with Gasteiger partial charge in [0.05, 0.1) is 24.7 Å². The monoisotopic (exact) mass is 252 g/mol. The van der Waals surface area contributed by atoms with E-state index in [1.54, 1.807) is 0 Å². The summed E-state index contributed by atoms with van der Waals surface area (Å²) in [5.41, 5.74) is -0.978. The van der Waals surface area contributed by atoms with Crippen molar-refractivity contribution in [3.8, 4) is 0 Å². The zero-order valence-electron chi connectivity index (χ0n) is 9.42. The van der Waals surface area contributed by atoms with E-state index in [-0.39, 0.29) is 13.0 Å². The van der Waals surface area contributed by atoms with E-state index in [4.69, 9.17) is 9.84 Å².